The van der Waals surface area contributed by atoms with Crippen molar-refractivity contribution in [2.75, 3.05) is 0 Å². The number of thiazole rings is 1. The Morgan fingerprint density at radius 3 is 2.46 bits per heavy atom. The van der Waals surface area contributed by atoms with Gasteiger partial charge in [-0.2, -0.15) is 4.99 Å². The van der Waals surface area contributed by atoms with Crippen LogP contribution >= 0.6 is 11.3 Å². The highest BCUT2D eigenvalue weighted by Crippen LogP contribution is 2.29. The first-order valence-corrected chi connectivity index (χ1v) is 9.42. The molecule has 0 saturated heterocycles. The molecule has 0 aliphatic heterocycles. The third-order valence-corrected chi connectivity index (χ3v) is 5.53. The number of rotatable bonds is 3. The molecule has 1 aromatic carbocycles. The number of aromatic nitrogens is 2. The van der Waals surface area contributed by atoms with Crippen LogP contribution < -0.4 is 5.49 Å². The molecule has 4 nitrogen and oxygen atoms in total. The molecule has 2 aromatic heterocycles. The Morgan fingerprint density at radius 2 is 1.81 bits per heavy atom. The lowest BCUT2D eigenvalue weighted by atomic mass is 9.98. The van der Waals surface area contributed by atoms with E-state index in [1.54, 1.807) is 0 Å². The van der Waals surface area contributed by atoms with Gasteiger partial charge in [0, 0.05) is 18.2 Å². The van der Waals surface area contributed by atoms with Gasteiger partial charge in [0.25, 0.3) is 5.91 Å². The highest BCUT2D eigenvalue weighted by Gasteiger charge is 2.22. The molecular weight excluding hydrogens is 342 g/mol. The standard InChI is InChI=1S/C21H23N3OS/c1-15-18(26-20(22-15)21(2,3)4)19(25)23-17-12-8-9-13-24(17)14-16-10-6-5-7-11-16/h5-13H,14H2,1-4H3. The second kappa shape index (κ2) is 7.38. The number of hydrogen-bond donors (Lipinski definition) is 0. The van der Waals surface area contributed by atoms with Crippen LogP contribution in [0.1, 0.15) is 46.7 Å². The number of nitrogens with zero attached hydrogens (tertiary/aromatic N) is 3. The fourth-order valence-corrected chi connectivity index (χ4v) is 3.56. The Kier molecular flexibility index (Phi) is 5.18. The van der Waals surface area contributed by atoms with Gasteiger partial charge in [0.2, 0.25) is 0 Å². The fourth-order valence-electron chi connectivity index (χ4n) is 2.55. The minimum atomic E-state index is -0.233. The highest BCUT2D eigenvalue weighted by atomic mass is 32.1. The summed E-state index contributed by atoms with van der Waals surface area (Å²) < 4.78 is 1.98. The third-order valence-electron chi connectivity index (χ3n) is 3.96. The molecule has 0 unspecified atom stereocenters. The zero-order valence-electron chi connectivity index (χ0n) is 15.6. The van der Waals surface area contributed by atoms with E-state index >= 15 is 0 Å². The second-order valence-electron chi connectivity index (χ2n) is 7.27. The average molecular weight is 366 g/mol. The molecular formula is C21H23N3OS. The van der Waals surface area contributed by atoms with Gasteiger partial charge in [-0.15, -0.1) is 11.3 Å². The molecule has 0 radical (unpaired) electrons. The summed E-state index contributed by atoms with van der Waals surface area (Å²) >= 11 is 1.44. The van der Waals surface area contributed by atoms with Crippen molar-refractivity contribution in [2.24, 2.45) is 4.99 Å². The highest BCUT2D eigenvalue weighted by molar-refractivity contribution is 7.14. The van der Waals surface area contributed by atoms with Crippen molar-refractivity contribution in [2.45, 2.75) is 39.7 Å². The van der Waals surface area contributed by atoms with Crippen molar-refractivity contribution in [3.8, 4) is 0 Å². The van der Waals surface area contributed by atoms with Crippen LogP contribution in [-0.4, -0.2) is 15.5 Å². The summed E-state index contributed by atoms with van der Waals surface area (Å²) in [5.74, 6) is -0.233. The molecule has 5 heteroatoms. The van der Waals surface area contributed by atoms with Crippen molar-refractivity contribution in [3.05, 3.63) is 81.4 Å². The third kappa shape index (κ3) is 4.17. The molecule has 0 aliphatic rings. The van der Waals surface area contributed by atoms with Gasteiger partial charge in [0.1, 0.15) is 10.4 Å². The number of carbonyl (C=O) groups is 1. The predicted octanol–water partition coefficient (Wildman–Crippen LogP) is 4.34. The normalized spacial score (nSPS) is 12.4. The zero-order chi connectivity index (χ0) is 18.7. The molecule has 134 valence electrons. The summed E-state index contributed by atoms with van der Waals surface area (Å²) in [6, 6.07) is 15.8. The second-order valence-corrected chi connectivity index (χ2v) is 8.27. The van der Waals surface area contributed by atoms with Crippen LogP contribution in [0, 0.1) is 6.92 Å². The Bertz CT molecular complexity index is 978. The van der Waals surface area contributed by atoms with E-state index in [-0.39, 0.29) is 11.3 Å². The van der Waals surface area contributed by atoms with Gasteiger partial charge in [0.15, 0.2) is 0 Å². The number of hydrogen-bond acceptors (Lipinski definition) is 3. The quantitative estimate of drug-likeness (QED) is 0.693. The summed E-state index contributed by atoms with van der Waals surface area (Å²) in [6.45, 7) is 8.84. The molecule has 0 atom stereocenters. The monoisotopic (exact) mass is 365 g/mol. The largest absolute Gasteiger partial charge is 0.328 e. The summed E-state index contributed by atoms with van der Waals surface area (Å²) in [5.41, 5.74) is 2.48. The van der Waals surface area contributed by atoms with Gasteiger partial charge in [-0.1, -0.05) is 57.2 Å². The first kappa shape index (κ1) is 18.3. The Labute approximate surface area is 157 Å². The van der Waals surface area contributed by atoms with Crippen LogP contribution in [0.4, 0.5) is 0 Å². The molecule has 0 aliphatic carbocycles. The summed E-state index contributed by atoms with van der Waals surface area (Å²) in [5, 5.41) is 0.957. The molecule has 2 heterocycles. The molecule has 1 amide bonds. The molecule has 0 spiro atoms. The lowest BCUT2D eigenvalue weighted by Gasteiger charge is -2.13. The molecule has 0 N–H and O–H groups in total. The number of benzene rings is 1. The topological polar surface area (TPSA) is 47.2 Å². The van der Waals surface area contributed by atoms with Gasteiger partial charge in [0.05, 0.1) is 10.7 Å². The maximum absolute atomic E-state index is 12.8. The van der Waals surface area contributed by atoms with Crippen LogP contribution in [0.25, 0.3) is 0 Å². The number of amides is 1. The van der Waals surface area contributed by atoms with E-state index in [4.69, 9.17) is 0 Å². The summed E-state index contributed by atoms with van der Waals surface area (Å²) in [4.78, 5) is 22.3. The van der Waals surface area contributed by atoms with Crippen molar-refractivity contribution in [1.29, 1.82) is 0 Å². The Hall–Kier alpha value is -2.53. The lowest BCUT2D eigenvalue weighted by Crippen LogP contribution is -2.22. The first-order chi connectivity index (χ1) is 12.3. The molecule has 0 fully saturated rings. The van der Waals surface area contributed by atoms with Gasteiger partial charge >= 0.3 is 0 Å². The molecule has 0 bridgehead atoms. The Morgan fingerprint density at radius 1 is 1.12 bits per heavy atom. The van der Waals surface area contributed by atoms with Gasteiger partial charge in [-0.25, -0.2) is 4.98 Å². The van der Waals surface area contributed by atoms with E-state index in [1.807, 2.05) is 54.1 Å². The minimum absolute atomic E-state index is 0.0755. The smallest absolute Gasteiger partial charge is 0.290 e. The van der Waals surface area contributed by atoms with Crippen molar-refractivity contribution in [3.63, 3.8) is 0 Å². The van der Waals surface area contributed by atoms with Crippen LogP contribution in [-0.2, 0) is 12.0 Å². The molecule has 3 aromatic rings. The lowest BCUT2D eigenvalue weighted by molar-refractivity contribution is 0.1000. The van der Waals surface area contributed by atoms with E-state index in [9.17, 15) is 4.79 Å². The van der Waals surface area contributed by atoms with E-state index in [2.05, 4.69) is 42.9 Å². The first-order valence-electron chi connectivity index (χ1n) is 8.61. The summed E-state index contributed by atoms with van der Waals surface area (Å²) in [6.07, 6.45) is 1.94. The molecule has 0 saturated carbocycles. The SMILES string of the molecule is Cc1nc(C(C)(C)C)sc1C(=O)N=c1ccccn1Cc1ccccc1. The van der Waals surface area contributed by atoms with Crippen molar-refractivity contribution < 1.29 is 4.79 Å². The molecule has 26 heavy (non-hydrogen) atoms. The zero-order valence-corrected chi connectivity index (χ0v) is 16.4. The van der Waals surface area contributed by atoms with Crippen LogP contribution in [0.2, 0.25) is 0 Å². The Balaban J connectivity index is 1.96. The van der Waals surface area contributed by atoms with E-state index in [1.165, 1.54) is 11.3 Å². The predicted molar refractivity (Wildman–Crippen MR) is 105 cm³/mol. The van der Waals surface area contributed by atoms with E-state index < -0.39 is 0 Å². The van der Waals surface area contributed by atoms with Gasteiger partial charge < -0.3 is 4.57 Å². The van der Waals surface area contributed by atoms with E-state index in [0.29, 0.717) is 16.9 Å². The van der Waals surface area contributed by atoms with Crippen molar-refractivity contribution >= 4 is 17.2 Å². The maximum atomic E-state index is 12.8. The minimum Gasteiger partial charge on any atom is -0.328 e. The average Bonchev–Trinajstić information content (AvgIpc) is 3.00. The molecule has 3 rings (SSSR count). The van der Waals surface area contributed by atoms with Gasteiger partial charge in [-0.05, 0) is 24.6 Å². The maximum Gasteiger partial charge on any atom is 0.290 e. The van der Waals surface area contributed by atoms with Crippen LogP contribution in [0.3, 0.4) is 0 Å². The van der Waals surface area contributed by atoms with Crippen LogP contribution in [0.5, 0.6) is 0 Å². The number of pyridine rings is 1. The van der Waals surface area contributed by atoms with Crippen LogP contribution in [0.15, 0.2) is 59.7 Å². The van der Waals surface area contributed by atoms with Crippen molar-refractivity contribution in [1.82, 2.24) is 9.55 Å². The van der Waals surface area contributed by atoms with Gasteiger partial charge in [-0.3, -0.25) is 4.79 Å². The van der Waals surface area contributed by atoms with E-state index in [0.717, 1.165) is 16.3 Å². The number of carbonyl (C=O) groups excluding carboxylic acids is 1. The summed E-state index contributed by atoms with van der Waals surface area (Å²) in [7, 11) is 0. The number of aryl methyl sites for hydroxylation is 1. The fraction of sp³-hybridized carbons (Fsp3) is 0.286.